The SMILES string of the molecule is O=C(Nc1cccc(C(F)(F)F)c1)Nc1ccc(-c2ccc(C(=O)C3CCC3C(=O)O)s2)cc1F. The van der Waals surface area contributed by atoms with E-state index in [1.54, 1.807) is 12.1 Å². The highest BCUT2D eigenvalue weighted by molar-refractivity contribution is 7.17. The fraction of sp³-hybridized carbons (Fsp3) is 0.208. The number of carbonyl (C=O) groups is 3. The highest BCUT2D eigenvalue weighted by Crippen LogP contribution is 2.39. The van der Waals surface area contributed by atoms with Crippen molar-refractivity contribution in [3.63, 3.8) is 0 Å². The Morgan fingerprint density at radius 3 is 2.31 bits per heavy atom. The van der Waals surface area contributed by atoms with Crippen LogP contribution in [0.2, 0.25) is 0 Å². The third kappa shape index (κ3) is 5.35. The van der Waals surface area contributed by atoms with E-state index in [2.05, 4.69) is 10.6 Å². The molecule has 4 rings (SSSR count). The van der Waals surface area contributed by atoms with Gasteiger partial charge in [-0.3, -0.25) is 9.59 Å². The van der Waals surface area contributed by atoms with Crippen LogP contribution in [-0.2, 0) is 11.0 Å². The molecule has 0 bridgehead atoms. The van der Waals surface area contributed by atoms with Gasteiger partial charge in [0.2, 0.25) is 0 Å². The standard InChI is InChI=1S/C24H18F4N2O4S/c25-17-10-12(19-8-9-20(35-19)21(31)15-5-6-16(15)22(32)33)4-7-18(17)30-23(34)29-14-3-1-2-13(11-14)24(26,27)28/h1-4,7-11,15-16H,5-6H2,(H,32,33)(H2,29,30,34). The average Bonchev–Trinajstić information content (AvgIpc) is 3.24. The summed E-state index contributed by atoms with van der Waals surface area (Å²) in [6, 6.07) is 10.3. The van der Waals surface area contributed by atoms with Gasteiger partial charge in [-0.05, 0) is 60.9 Å². The number of carbonyl (C=O) groups excluding carboxylic acids is 2. The molecule has 3 aromatic rings. The summed E-state index contributed by atoms with van der Waals surface area (Å²) in [7, 11) is 0. The summed E-state index contributed by atoms with van der Waals surface area (Å²) >= 11 is 1.12. The van der Waals surface area contributed by atoms with Crippen molar-refractivity contribution in [2.75, 3.05) is 10.6 Å². The third-order valence-corrected chi connectivity index (χ3v) is 6.88. The number of carboxylic acid groups (broad SMARTS) is 1. The number of anilines is 2. The Morgan fingerprint density at radius 2 is 1.69 bits per heavy atom. The van der Waals surface area contributed by atoms with E-state index in [0.717, 1.165) is 35.6 Å². The normalized spacial score (nSPS) is 17.4. The zero-order valence-electron chi connectivity index (χ0n) is 17.9. The van der Waals surface area contributed by atoms with Crippen LogP contribution in [0.4, 0.5) is 33.7 Å². The first-order chi connectivity index (χ1) is 16.5. The predicted molar refractivity (Wildman–Crippen MR) is 122 cm³/mol. The zero-order valence-corrected chi connectivity index (χ0v) is 18.7. The number of hydrogen-bond donors (Lipinski definition) is 3. The molecule has 2 amide bonds. The summed E-state index contributed by atoms with van der Waals surface area (Å²) in [5.74, 6) is -3.26. The van der Waals surface area contributed by atoms with E-state index in [4.69, 9.17) is 5.11 Å². The molecule has 0 radical (unpaired) electrons. The van der Waals surface area contributed by atoms with Gasteiger partial charge in [-0.15, -0.1) is 11.3 Å². The summed E-state index contributed by atoms with van der Waals surface area (Å²) < 4.78 is 53.1. The largest absolute Gasteiger partial charge is 0.481 e. The van der Waals surface area contributed by atoms with Gasteiger partial charge in [0.15, 0.2) is 5.78 Å². The second-order valence-corrected chi connectivity index (χ2v) is 9.09. The fourth-order valence-electron chi connectivity index (χ4n) is 3.75. The number of urea groups is 1. The Morgan fingerprint density at radius 1 is 0.943 bits per heavy atom. The Labute approximate surface area is 200 Å². The van der Waals surface area contributed by atoms with Crippen molar-refractivity contribution in [3.8, 4) is 10.4 Å². The Hall–Kier alpha value is -3.73. The van der Waals surface area contributed by atoms with Gasteiger partial charge in [-0.25, -0.2) is 9.18 Å². The van der Waals surface area contributed by atoms with Crippen LogP contribution in [0, 0.1) is 17.7 Å². The van der Waals surface area contributed by atoms with Crippen LogP contribution >= 0.6 is 11.3 Å². The van der Waals surface area contributed by atoms with Crippen LogP contribution in [-0.4, -0.2) is 22.9 Å². The van der Waals surface area contributed by atoms with Crippen LogP contribution in [0.3, 0.4) is 0 Å². The van der Waals surface area contributed by atoms with Gasteiger partial charge in [0, 0.05) is 16.5 Å². The molecule has 1 saturated carbocycles. The van der Waals surface area contributed by atoms with Crippen LogP contribution in [0.5, 0.6) is 0 Å². The monoisotopic (exact) mass is 506 g/mol. The van der Waals surface area contributed by atoms with Crippen LogP contribution in [0.15, 0.2) is 54.6 Å². The first-order valence-corrected chi connectivity index (χ1v) is 11.3. The molecule has 2 unspecified atom stereocenters. The lowest BCUT2D eigenvalue weighted by atomic mass is 9.71. The van der Waals surface area contributed by atoms with Gasteiger partial charge < -0.3 is 15.7 Å². The molecule has 1 aliphatic rings. The molecule has 0 aliphatic heterocycles. The first kappa shape index (κ1) is 24.4. The van der Waals surface area contributed by atoms with Crippen molar-refractivity contribution in [1.82, 2.24) is 0 Å². The highest BCUT2D eigenvalue weighted by Gasteiger charge is 2.42. The minimum Gasteiger partial charge on any atom is -0.481 e. The predicted octanol–water partition coefficient (Wildman–Crippen LogP) is 6.51. The Kier molecular flexibility index (Phi) is 6.62. The number of ketones is 1. The number of aliphatic carboxylic acids is 1. The van der Waals surface area contributed by atoms with Gasteiger partial charge in [0.25, 0.3) is 0 Å². The molecule has 0 spiro atoms. The number of alkyl halides is 3. The van der Waals surface area contributed by atoms with E-state index >= 15 is 0 Å². The maximum atomic E-state index is 14.6. The molecular weight excluding hydrogens is 488 g/mol. The molecule has 3 N–H and O–H groups in total. The van der Waals surface area contributed by atoms with E-state index in [0.29, 0.717) is 28.2 Å². The van der Waals surface area contributed by atoms with E-state index in [9.17, 15) is 31.9 Å². The number of amides is 2. The molecule has 35 heavy (non-hydrogen) atoms. The molecule has 1 fully saturated rings. The molecule has 182 valence electrons. The molecular formula is C24H18F4N2O4S. The van der Waals surface area contributed by atoms with Crippen molar-refractivity contribution in [2.45, 2.75) is 19.0 Å². The molecule has 2 aromatic carbocycles. The van der Waals surface area contributed by atoms with Crippen molar-refractivity contribution in [3.05, 3.63) is 70.9 Å². The van der Waals surface area contributed by atoms with Crippen molar-refractivity contribution < 1.29 is 37.1 Å². The van der Waals surface area contributed by atoms with E-state index < -0.39 is 41.4 Å². The fourth-order valence-corrected chi connectivity index (χ4v) is 4.75. The number of Topliss-reactive ketones (excluding diaryl/α,β-unsaturated/α-hetero) is 1. The summed E-state index contributed by atoms with van der Waals surface area (Å²) in [5.41, 5.74) is -0.791. The van der Waals surface area contributed by atoms with Gasteiger partial charge >= 0.3 is 18.2 Å². The maximum absolute atomic E-state index is 14.6. The second kappa shape index (κ2) is 9.49. The van der Waals surface area contributed by atoms with Gasteiger partial charge in [-0.2, -0.15) is 13.2 Å². The Bertz CT molecular complexity index is 1300. The minimum atomic E-state index is -4.57. The molecule has 0 saturated heterocycles. The molecule has 2 atom stereocenters. The molecule has 1 aliphatic carbocycles. The van der Waals surface area contributed by atoms with Crippen LogP contribution in [0.25, 0.3) is 10.4 Å². The second-order valence-electron chi connectivity index (χ2n) is 8.01. The number of benzene rings is 2. The molecule has 1 heterocycles. The summed E-state index contributed by atoms with van der Waals surface area (Å²) in [6.07, 6.45) is -3.59. The number of thiophene rings is 1. The van der Waals surface area contributed by atoms with E-state index in [1.807, 2.05) is 0 Å². The number of nitrogens with one attached hydrogen (secondary N) is 2. The number of hydrogen-bond acceptors (Lipinski definition) is 4. The summed E-state index contributed by atoms with van der Waals surface area (Å²) in [6.45, 7) is 0. The number of carboxylic acids is 1. The summed E-state index contributed by atoms with van der Waals surface area (Å²) in [4.78, 5) is 36.9. The topological polar surface area (TPSA) is 95.5 Å². The minimum absolute atomic E-state index is 0.110. The Balaban J connectivity index is 1.43. The van der Waals surface area contributed by atoms with E-state index in [-0.39, 0.29) is 17.2 Å². The summed E-state index contributed by atoms with van der Waals surface area (Å²) in [5, 5.41) is 13.6. The number of rotatable bonds is 6. The van der Waals surface area contributed by atoms with Crippen molar-refractivity contribution >= 4 is 40.5 Å². The van der Waals surface area contributed by atoms with E-state index in [1.165, 1.54) is 18.2 Å². The van der Waals surface area contributed by atoms with Gasteiger partial charge in [0.1, 0.15) is 5.82 Å². The third-order valence-electron chi connectivity index (χ3n) is 5.73. The number of halogens is 4. The lowest BCUT2D eigenvalue weighted by Crippen LogP contribution is -2.37. The van der Waals surface area contributed by atoms with Crippen molar-refractivity contribution in [2.24, 2.45) is 11.8 Å². The van der Waals surface area contributed by atoms with Gasteiger partial charge in [0.05, 0.1) is 22.0 Å². The smallest absolute Gasteiger partial charge is 0.416 e. The quantitative estimate of drug-likeness (QED) is 0.262. The molecule has 6 nitrogen and oxygen atoms in total. The lowest BCUT2D eigenvalue weighted by molar-refractivity contribution is -0.146. The first-order valence-electron chi connectivity index (χ1n) is 10.4. The van der Waals surface area contributed by atoms with Gasteiger partial charge in [-0.1, -0.05) is 12.1 Å². The lowest BCUT2D eigenvalue weighted by Gasteiger charge is -2.31. The van der Waals surface area contributed by atoms with Crippen LogP contribution < -0.4 is 10.6 Å². The maximum Gasteiger partial charge on any atom is 0.416 e. The van der Waals surface area contributed by atoms with Crippen LogP contribution in [0.1, 0.15) is 28.1 Å². The molecule has 11 heteroatoms. The van der Waals surface area contributed by atoms with Crippen molar-refractivity contribution in [1.29, 1.82) is 0 Å². The highest BCUT2D eigenvalue weighted by atomic mass is 32.1. The zero-order chi connectivity index (χ0) is 25.3. The average molecular weight is 506 g/mol. The molecule has 1 aromatic heterocycles.